The number of piperidine rings is 1. The Morgan fingerprint density at radius 2 is 2.14 bits per heavy atom. The zero-order chi connectivity index (χ0) is 14.8. The van der Waals surface area contributed by atoms with Gasteiger partial charge in [-0.15, -0.1) is 11.3 Å². The first-order valence-corrected chi connectivity index (χ1v) is 9.11. The van der Waals surface area contributed by atoms with Gasteiger partial charge in [0.15, 0.2) is 5.13 Å². The standard InChI is InChI=1S/C16H23N5S/c1-2-9-21(8-1)16-17-10-14(22-16)12-20-7-3-4-13(11-20)15-5-6-18-19-15/h5-6,10,13H,1-4,7-9,11-12H2,(H,18,19)/t13-/m1/s1. The Kier molecular flexibility index (Phi) is 4.12. The molecule has 0 amide bonds. The molecular formula is C16H23N5S. The predicted octanol–water partition coefficient (Wildman–Crippen LogP) is 2.85. The molecule has 0 radical (unpaired) electrons. The minimum atomic E-state index is 0.599. The van der Waals surface area contributed by atoms with E-state index in [1.54, 1.807) is 0 Å². The number of thiazole rings is 1. The number of rotatable bonds is 4. The molecular weight excluding hydrogens is 294 g/mol. The number of nitrogens with one attached hydrogen (secondary N) is 1. The fourth-order valence-electron chi connectivity index (χ4n) is 3.59. The van der Waals surface area contributed by atoms with Gasteiger partial charge in [0.1, 0.15) is 0 Å². The van der Waals surface area contributed by atoms with Crippen molar-refractivity contribution in [3.8, 4) is 0 Å². The third kappa shape index (κ3) is 3.03. The lowest BCUT2D eigenvalue weighted by molar-refractivity contribution is 0.200. The van der Waals surface area contributed by atoms with Crippen LogP contribution in [0, 0.1) is 0 Å². The van der Waals surface area contributed by atoms with Crippen molar-refractivity contribution in [2.24, 2.45) is 0 Å². The maximum atomic E-state index is 4.63. The number of H-pyrrole nitrogens is 1. The molecule has 6 heteroatoms. The molecule has 2 aliphatic rings. The molecule has 2 aliphatic heterocycles. The summed E-state index contributed by atoms with van der Waals surface area (Å²) in [6.45, 7) is 5.72. The van der Waals surface area contributed by atoms with Crippen molar-refractivity contribution in [3.63, 3.8) is 0 Å². The van der Waals surface area contributed by atoms with Crippen LogP contribution in [0.15, 0.2) is 18.5 Å². The van der Waals surface area contributed by atoms with Gasteiger partial charge in [-0.3, -0.25) is 10.00 Å². The van der Waals surface area contributed by atoms with E-state index >= 15 is 0 Å². The van der Waals surface area contributed by atoms with Crippen LogP contribution in [0.2, 0.25) is 0 Å². The molecule has 0 spiro atoms. The summed E-state index contributed by atoms with van der Waals surface area (Å²) in [7, 11) is 0. The smallest absolute Gasteiger partial charge is 0.185 e. The van der Waals surface area contributed by atoms with E-state index < -0.39 is 0 Å². The minimum Gasteiger partial charge on any atom is -0.348 e. The van der Waals surface area contributed by atoms with Crippen LogP contribution in [0.3, 0.4) is 0 Å². The Labute approximate surface area is 135 Å². The van der Waals surface area contributed by atoms with Gasteiger partial charge in [-0.1, -0.05) is 0 Å². The minimum absolute atomic E-state index is 0.599. The molecule has 0 aromatic carbocycles. The second kappa shape index (κ2) is 6.38. The van der Waals surface area contributed by atoms with Crippen molar-refractivity contribution in [3.05, 3.63) is 29.0 Å². The van der Waals surface area contributed by atoms with Crippen LogP contribution in [0.5, 0.6) is 0 Å². The van der Waals surface area contributed by atoms with Crippen LogP contribution in [0.1, 0.15) is 42.2 Å². The van der Waals surface area contributed by atoms with Gasteiger partial charge in [-0.25, -0.2) is 4.98 Å². The molecule has 2 aromatic rings. The lowest BCUT2D eigenvalue weighted by atomic mass is 9.95. The highest BCUT2D eigenvalue weighted by Crippen LogP contribution is 2.29. The Balaban J connectivity index is 1.38. The SMILES string of the molecule is c1cc([C@@H]2CCCN(Cc3cnc(N4CCCC4)s3)C2)[nH]n1. The molecule has 4 heterocycles. The summed E-state index contributed by atoms with van der Waals surface area (Å²) in [4.78, 5) is 11.0. The first-order chi connectivity index (χ1) is 10.9. The molecule has 0 unspecified atom stereocenters. The summed E-state index contributed by atoms with van der Waals surface area (Å²) < 4.78 is 0. The van der Waals surface area contributed by atoms with Gasteiger partial charge in [0.2, 0.25) is 0 Å². The number of nitrogens with zero attached hydrogens (tertiary/aromatic N) is 4. The molecule has 0 aliphatic carbocycles. The van der Waals surface area contributed by atoms with Gasteiger partial charge >= 0.3 is 0 Å². The maximum absolute atomic E-state index is 4.63. The number of hydrogen-bond acceptors (Lipinski definition) is 5. The third-order valence-corrected chi connectivity index (χ3v) is 5.81. The summed E-state index contributed by atoms with van der Waals surface area (Å²) in [5.41, 5.74) is 1.28. The number of aromatic nitrogens is 3. The van der Waals surface area contributed by atoms with Gasteiger partial charge in [-0.05, 0) is 38.3 Å². The first-order valence-electron chi connectivity index (χ1n) is 8.30. The van der Waals surface area contributed by atoms with Crippen LogP contribution in [0.25, 0.3) is 0 Å². The van der Waals surface area contributed by atoms with E-state index in [4.69, 9.17) is 0 Å². The van der Waals surface area contributed by atoms with E-state index in [0.717, 1.165) is 13.1 Å². The highest BCUT2D eigenvalue weighted by atomic mass is 32.1. The largest absolute Gasteiger partial charge is 0.348 e. The molecule has 1 N–H and O–H groups in total. The van der Waals surface area contributed by atoms with Crippen molar-refractivity contribution in [2.75, 3.05) is 31.1 Å². The summed E-state index contributed by atoms with van der Waals surface area (Å²) in [5, 5.41) is 8.45. The zero-order valence-corrected chi connectivity index (χ0v) is 13.7. The van der Waals surface area contributed by atoms with Gasteiger partial charge in [0.05, 0.1) is 0 Å². The summed E-state index contributed by atoms with van der Waals surface area (Å²) >= 11 is 1.88. The molecule has 0 saturated carbocycles. The van der Waals surface area contributed by atoms with Crippen LogP contribution < -0.4 is 4.90 Å². The predicted molar refractivity (Wildman–Crippen MR) is 89.4 cm³/mol. The lowest BCUT2D eigenvalue weighted by Crippen LogP contribution is -2.33. The normalized spacial score (nSPS) is 23.3. The summed E-state index contributed by atoms with van der Waals surface area (Å²) in [6.07, 6.45) is 9.10. The number of likely N-dealkylation sites (tertiary alicyclic amines) is 1. The highest BCUT2D eigenvalue weighted by Gasteiger charge is 2.23. The van der Waals surface area contributed by atoms with E-state index in [0.29, 0.717) is 5.92 Å². The van der Waals surface area contributed by atoms with Crippen LogP contribution in [-0.4, -0.2) is 46.3 Å². The van der Waals surface area contributed by atoms with Crippen molar-refractivity contribution < 1.29 is 0 Å². The molecule has 2 aromatic heterocycles. The van der Waals surface area contributed by atoms with E-state index in [1.165, 1.54) is 61.0 Å². The maximum Gasteiger partial charge on any atom is 0.185 e. The quantitative estimate of drug-likeness (QED) is 0.942. The van der Waals surface area contributed by atoms with Gasteiger partial charge in [0, 0.05) is 55.1 Å². The van der Waals surface area contributed by atoms with E-state index in [-0.39, 0.29) is 0 Å². The Hall–Kier alpha value is -1.40. The van der Waals surface area contributed by atoms with Gasteiger partial charge in [-0.2, -0.15) is 5.10 Å². The fourth-order valence-corrected chi connectivity index (χ4v) is 4.60. The van der Waals surface area contributed by atoms with Crippen molar-refractivity contribution in [2.45, 2.75) is 38.1 Å². The Bertz CT molecular complexity index is 587. The topological polar surface area (TPSA) is 48.1 Å². The Morgan fingerprint density at radius 3 is 2.95 bits per heavy atom. The summed E-state index contributed by atoms with van der Waals surface area (Å²) in [5.74, 6) is 0.599. The second-order valence-corrected chi connectivity index (χ2v) is 7.48. The van der Waals surface area contributed by atoms with Crippen LogP contribution in [-0.2, 0) is 6.54 Å². The third-order valence-electron chi connectivity index (χ3n) is 4.77. The number of hydrogen-bond donors (Lipinski definition) is 1. The first kappa shape index (κ1) is 14.2. The van der Waals surface area contributed by atoms with E-state index in [1.807, 2.05) is 17.5 Å². The monoisotopic (exact) mass is 317 g/mol. The number of anilines is 1. The molecule has 2 saturated heterocycles. The Morgan fingerprint density at radius 1 is 1.23 bits per heavy atom. The lowest BCUT2D eigenvalue weighted by Gasteiger charge is -2.31. The molecule has 1 atom stereocenters. The van der Waals surface area contributed by atoms with Crippen LogP contribution >= 0.6 is 11.3 Å². The molecule has 22 heavy (non-hydrogen) atoms. The van der Waals surface area contributed by atoms with E-state index in [2.05, 4.69) is 37.2 Å². The molecule has 2 fully saturated rings. The molecule has 5 nitrogen and oxygen atoms in total. The molecule has 4 rings (SSSR count). The summed E-state index contributed by atoms with van der Waals surface area (Å²) in [6, 6.07) is 2.12. The molecule has 118 valence electrons. The second-order valence-electron chi connectivity index (χ2n) is 6.39. The van der Waals surface area contributed by atoms with Gasteiger partial charge < -0.3 is 4.90 Å². The average molecular weight is 317 g/mol. The van der Waals surface area contributed by atoms with Gasteiger partial charge in [0.25, 0.3) is 0 Å². The average Bonchev–Trinajstić information content (AvgIpc) is 3.29. The van der Waals surface area contributed by atoms with Crippen molar-refractivity contribution in [1.82, 2.24) is 20.1 Å². The van der Waals surface area contributed by atoms with Crippen molar-refractivity contribution in [1.29, 1.82) is 0 Å². The highest BCUT2D eigenvalue weighted by molar-refractivity contribution is 7.15. The van der Waals surface area contributed by atoms with Crippen molar-refractivity contribution >= 4 is 16.5 Å². The molecule has 0 bridgehead atoms. The van der Waals surface area contributed by atoms with Crippen LogP contribution in [0.4, 0.5) is 5.13 Å². The van der Waals surface area contributed by atoms with E-state index in [9.17, 15) is 0 Å². The number of aromatic amines is 1. The zero-order valence-electron chi connectivity index (χ0n) is 12.9. The fraction of sp³-hybridized carbons (Fsp3) is 0.625.